The van der Waals surface area contributed by atoms with Gasteiger partial charge in [-0.05, 0) is 24.1 Å². The number of amides is 1. The number of para-hydroxylation sites is 1. The predicted octanol–water partition coefficient (Wildman–Crippen LogP) is 5.06. The average molecular weight is 385 g/mol. The number of carbonyl (C=O) groups excluding carboxylic acids is 1. The molecular weight excluding hydrogens is 362 g/mol. The van der Waals surface area contributed by atoms with E-state index in [-0.39, 0.29) is 17.7 Å². The first-order valence-electron chi connectivity index (χ1n) is 9.58. The number of methoxy groups -OCH3 is 1. The highest BCUT2D eigenvalue weighted by Gasteiger charge is 2.41. The third kappa shape index (κ3) is 3.49. The van der Waals surface area contributed by atoms with Crippen molar-refractivity contribution in [2.24, 2.45) is 0 Å². The monoisotopic (exact) mass is 385 g/mol. The van der Waals surface area contributed by atoms with E-state index < -0.39 is 0 Å². The Kier molecular flexibility index (Phi) is 5.09. The fourth-order valence-electron chi connectivity index (χ4n) is 3.84. The summed E-state index contributed by atoms with van der Waals surface area (Å²) in [5, 5.41) is 10.8. The summed E-state index contributed by atoms with van der Waals surface area (Å²) in [5.41, 5.74) is 4.47. The Labute approximate surface area is 170 Å². The second-order valence-corrected chi connectivity index (χ2v) is 7.19. The number of benzene rings is 3. The molecule has 29 heavy (non-hydrogen) atoms. The molecule has 146 valence electrons. The maximum Gasteiger partial charge on any atom is 0.290 e. The van der Waals surface area contributed by atoms with Gasteiger partial charge in [-0.25, -0.2) is 0 Å². The molecule has 0 radical (unpaired) electrons. The van der Waals surface area contributed by atoms with Gasteiger partial charge < -0.3 is 14.7 Å². The highest BCUT2D eigenvalue weighted by Crippen LogP contribution is 2.44. The molecule has 0 saturated carbocycles. The normalized spacial score (nSPS) is 16.4. The van der Waals surface area contributed by atoms with Gasteiger partial charge in [0.25, 0.3) is 5.91 Å². The maximum absolute atomic E-state index is 13.1. The van der Waals surface area contributed by atoms with Crippen LogP contribution in [-0.4, -0.2) is 23.0 Å². The Bertz CT molecular complexity index is 1050. The Morgan fingerprint density at radius 2 is 1.59 bits per heavy atom. The molecule has 0 spiro atoms. The number of ether oxygens (including phenoxy) is 1. The lowest BCUT2D eigenvalue weighted by molar-refractivity contribution is -0.130. The number of hydrogen-bond donors (Lipinski definition) is 1. The highest BCUT2D eigenvalue weighted by atomic mass is 16.5. The topological polar surface area (TPSA) is 49.8 Å². The van der Waals surface area contributed by atoms with E-state index in [1.807, 2.05) is 85.8 Å². The molecule has 0 unspecified atom stereocenters. The van der Waals surface area contributed by atoms with Crippen LogP contribution in [0.25, 0.3) is 5.57 Å². The number of nitrogens with zero attached hydrogens (tertiary/aromatic N) is 1. The molecule has 3 aromatic rings. The van der Waals surface area contributed by atoms with Crippen molar-refractivity contribution in [3.8, 4) is 5.75 Å². The van der Waals surface area contributed by atoms with Gasteiger partial charge in [-0.1, -0.05) is 78.4 Å². The van der Waals surface area contributed by atoms with Crippen molar-refractivity contribution in [3.63, 3.8) is 0 Å². The average Bonchev–Trinajstić information content (AvgIpc) is 3.00. The van der Waals surface area contributed by atoms with Crippen LogP contribution in [0, 0.1) is 6.92 Å². The van der Waals surface area contributed by atoms with E-state index in [1.165, 1.54) is 0 Å². The fourth-order valence-corrected chi connectivity index (χ4v) is 3.84. The van der Waals surface area contributed by atoms with Crippen LogP contribution in [0.15, 0.2) is 84.6 Å². The summed E-state index contributed by atoms with van der Waals surface area (Å²) >= 11 is 0. The van der Waals surface area contributed by atoms with E-state index in [1.54, 1.807) is 12.0 Å². The molecule has 0 fully saturated rings. The van der Waals surface area contributed by atoms with Crippen LogP contribution in [0.5, 0.6) is 5.75 Å². The van der Waals surface area contributed by atoms with Gasteiger partial charge in [-0.2, -0.15) is 0 Å². The SMILES string of the molecule is COc1ccccc1CN1C(=O)C(O)=C(c2ccccc2)[C@@H]1c1ccc(C)cc1. The van der Waals surface area contributed by atoms with Crippen LogP contribution in [0.2, 0.25) is 0 Å². The van der Waals surface area contributed by atoms with Gasteiger partial charge in [0.1, 0.15) is 5.75 Å². The predicted molar refractivity (Wildman–Crippen MR) is 113 cm³/mol. The number of rotatable bonds is 5. The fraction of sp³-hybridized carbons (Fsp3) is 0.160. The molecule has 1 N–H and O–H groups in total. The number of hydrogen-bond acceptors (Lipinski definition) is 3. The van der Waals surface area contributed by atoms with Crippen molar-refractivity contribution in [3.05, 3.63) is 107 Å². The lowest BCUT2D eigenvalue weighted by atomic mass is 9.93. The second kappa shape index (κ2) is 7.84. The quantitative estimate of drug-likeness (QED) is 0.668. The van der Waals surface area contributed by atoms with Crippen molar-refractivity contribution >= 4 is 11.5 Å². The lowest BCUT2D eigenvalue weighted by Crippen LogP contribution is -2.30. The van der Waals surface area contributed by atoms with Gasteiger partial charge in [0.05, 0.1) is 19.7 Å². The Balaban J connectivity index is 1.82. The number of aliphatic hydroxyl groups excluding tert-OH is 1. The van der Waals surface area contributed by atoms with Gasteiger partial charge in [0, 0.05) is 11.1 Å². The molecule has 0 aliphatic carbocycles. The van der Waals surface area contributed by atoms with Gasteiger partial charge >= 0.3 is 0 Å². The summed E-state index contributed by atoms with van der Waals surface area (Å²) in [6, 6.07) is 24.9. The summed E-state index contributed by atoms with van der Waals surface area (Å²) in [5.74, 6) is 0.146. The van der Waals surface area contributed by atoms with Crippen molar-refractivity contribution < 1.29 is 14.6 Å². The van der Waals surface area contributed by atoms with Gasteiger partial charge in [-0.15, -0.1) is 0 Å². The second-order valence-electron chi connectivity index (χ2n) is 7.19. The zero-order chi connectivity index (χ0) is 20.4. The minimum absolute atomic E-state index is 0.198. The van der Waals surface area contributed by atoms with Crippen LogP contribution in [0.1, 0.15) is 28.3 Å². The molecule has 4 heteroatoms. The van der Waals surface area contributed by atoms with Crippen molar-refractivity contribution in [2.75, 3.05) is 7.11 Å². The minimum Gasteiger partial charge on any atom is -0.503 e. The number of aliphatic hydroxyl groups is 1. The first-order chi connectivity index (χ1) is 14.1. The molecule has 0 aromatic heterocycles. The Morgan fingerprint density at radius 3 is 2.28 bits per heavy atom. The molecule has 4 rings (SSSR count). The number of aryl methyl sites for hydroxylation is 1. The van der Waals surface area contributed by atoms with E-state index >= 15 is 0 Å². The third-order valence-electron chi connectivity index (χ3n) is 5.31. The molecule has 1 heterocycles. The van der Waals surface area contributed by atoms with Crippen molar-refractivity contribution in [1.82, 2.24) is 4.90 Å². The zero-order valence-corrected chi connectivity index (χ0v) is 16.5. The summed E-state index contributed by atoms with van der Waals surface area (Å²) in [4.78, 5) is 14.8. The molecule has 1 aliphatic rings. The maximum atomic E-state index is 13.1. The van der Waals surface area contributed by atoms with E-state index in [0.29, 0.717) is 12.1 Å². The van der Waals surface area contributed by atoms with E-state index in [4.69, 9.17) is 4.74 Å². The zero-order valence-electron chi connectivity index (χ0n) is 16.5. The van der Waals surface area contributed by atoms with Crippen molar-refractivity contribution in [1.29, 1.82) is 0 Å². The molecular formula is C25H23NO3. The summed E-state index contributed by atoms with van der Waals surface area (Å²) in [6.07, 6.45) is 0. The molecule has 1 amide bonds. The summed E-state index contributed by atoms with van der Waals surface area (Å²) in [7, 11) is 1.62. The van der Waals surface area contributed by atoms with Crippen LogP contribution < -0.4 is 4.74 Å². The first kappa shape index (κ1) is 18.8. The van der Waals surface area contributed by atoms with Gasteiger partial charge in [-0.3, -0.25) is 4.79 Å². The summed E-state index contributed by atoms with van der Waals surface area (Å²) < 4.78 is 5.47. The minimum atomic E-state index is -0.379. The molecule has 3 aromatic carbocycles. The van der Waals surface area contributed by atoms with Crippen LogP contribution in [0.4, 0.5) is 0 Å². The molecule has 4 nitrogen and oxygen atoms in total. The largest absolute Gasteiger partial charge is 0.503 e. The lowest BCUT2D eigenvalue weighted by Gasteiger charge is -2.28. The van der Waals surface area contributed by atoms with E-state index in [2.05, 4.69) is 0 Å². The standard InChI is InChI=1S/C25H23NO3/c1-17-12-14-19(15-13-17)23-22(18-8-4-3-5-9-18)24(27)25(28)26(23)16-20-10-6-7-11-21(20)29-2/h3-15,23,27H,16H2,1-2H3/t23-/m0/s1. The van der Waals surface area contributed by atoms with Crippen molar-refractivity contribution in [2.45, 2.75) is 19.5 Å². The molecule has 0 bridgehead atoms. The Morgan fingerprint density at radius 1 is 0.931 bits per heavy atom. The third-order valence-corrected chi connectivity index (χ3v) is 5.31. The van der Waals surface area contributed by atoms with Crippen LogP contribution in [0.3, 0.4) is 0 Å². The van der Waals surface area contributed by atoms with Crippen LogP contribution in [-0.2, 0) is 11.3 Å². The number of carbonyl (C=O) groups is 1. The van der Waals surface area contributed by atoms with Crippen LogP contribution >= 0.6 is 0 Å². The van der Waals surface area contributed by atoms with Gasteiger partial charge in [0.2, 0.25) is 0 Å². The molecule has 0 saturated heterocycles. The molecule has 1 atom stereocenters. The summed E-state index contributed by atoms with van der Waals surface area (Å²) in [6.45, 7) is 2.36. The van der Waals surface area contributed by atoms with Gasteiger partial charge in [0.15, 0.2) is 5.76 Å². The molecule has 1 aliphatic heterocycles. The smallest absolute Gasteiger partial charge is 0.290 e. The van der Waals surface area contributed by atoms with E-state index in [0.717, 1.165) is 28.0 Å². The Hall–Kier alpha value is -3.53. The van der Waals surface area contributed by atoms with E-state index in [9.17, 15) is 9.90 Å². The first-order valence-corrected chi connectivity index (χ1v) is 9.58. The highest BCUT2D eigenvalue weighted by molar-refractivity contribution is 6.05.